The highest BCUT2D eigenvalue weighted by molar-refractivity contribution is 5.98. The summed E-state index contributed by atoms with van der Waals surface area (Å²) in [7, 11) is 3.95. The molecule has 0 aliphatic carbocycles. The maximum Gasteiger partial charge on any atom is 0.159 e. The minimum atomic E-state index is -0.471. The molecule has 5 N–H and O–H groups in total. The van der Waals surface area contributed by atoms with E-state index in [-0.39, 0.29) is 5.39 Å². The van der Waals surface area contributed by atoms with Crippen LogP contribution >= 0.6 is 0 Å². The number of rotatable bonds is 7. The lowest BCUT2D eigenvalue weighted by molar-refractivity contribution is 0.425. The Morgan fingerprint density at radius 3 is 2.67 bits per heavy atom. The van der Waals surface area contributed by atoms with Crippen molar-refractivity contribution in [1.82, 2.24) is 35.0 Å². The van der Waals surface area contributed by atoms with Gasteiger partial charge in [0.15, 0.2) is 5.82 Å². The first-order chi connectivity index (χ1) is 18.9. The van der Waals surface area contributed by atoms with Gasteiger partial charge in [-0.1, -0.05) is 0 Å². The number of nitrogens with two attached hydrogens (primary N) is 1. The zero-order valence-electron chi connectivity index (χ0n) is 21.3. The molecule has 4 heterocycles. The van der Waals surface area contributed by atoms with Crippen molar-refractivity contribution in [3.05, 3.63) is 72.7 Å². The van der Waals surface area contributed by atoms with Crippen LogP contribution in [-0.4, -0.2) is 62.2 Å². The molecule has 0 fully saturated rings. The van der Waals surface area contributed by atoms with E-state index in [1.807, 2.05) is 25.1 Å². The summed E-state index contributed by atoms with van der Waals surface area (Å²) in [5, 5.41) is 10.8. The van der Waals surface area contributed by atoms with Gasteiger partial charge in [-0.05, 0) is 56.6 Å². The molecule has 2 aromatic carbocycles. The van der Waals surface area contributed by atoms with Crippen molar-refractivity contribution < 1.29 is 8.78 Å². The van der Waals surface area contributed by atoms with Crippen LogP contribution in [0.25, 0.3) is 55.8 Å². The first kappa shape index (κ1) is 24.4. The number of hydrogen-bond donors (Lipinski definition) is 4. The number of anilines is 2. The maximum absolute atomic E-state index is 15.9. The Morgan fingerprint density at radius 2 is 1.85 bits per heavy atom. The summed E-state index contributed by atoms with van der Waals surface area (Å²) in [6.07, 6.45) is 4.69. The number of H-pyrrole nitrogens is 2. The second-order valence-corrected chi connectivity index (χ2v) is 9.53. The average molecular weight is 526 g/mol. The number of fused-ring (bicyclic) bond motifs is 2. The average Bonchev–Trinajstić information content (AvgIpc) is 3.53. The van der Waals surface area contributed by atoms with Gasteiger partial charge in [0.05, 0.1) is 27.8 Å². The summed E-state index contributed by atoms with van der Waals surface area (Å²) < 4.78 is 30.4. The van der Waals surface area contributed by atoms with Crippen molar-refractivity contribution in [1.29, 1.82) is 0 Å². The molecular formula is C28H25F2N9. The fraction of sp³-hybridized carbons (Fsp3) is 0.143. The third kappa shape index (κ3) is 4.64. The second kappa shape index (κ2) is 9.76. The minimum absolute atomic E-state index is 0.279. The van der Waals surface area contributed by atoms with Gasteiger partial charge < -0.3 is 20.9 Å². The summed E-state index contributed by atoms with van der Waals surface area (Å²) in [5.74, 6) is -0.507. The summed E-state index contributed by atoms with van der Waals surface area (Å²) >= 11 is 0. The maximum atomic E-state index is 15.9. The molecule has 0 radical (unpaired) electrons. The minimum Gasteiger partial charge on any atom is -0.397 e. The molecule has 9 nitrogen and oxygen atoms in total. The Kier molecular flexibility index (Phi) is 6.12. The van der Waals surface area contributed by atoms with Gasteiger partial charge in [0, 0.05) is 54.1 Å². The van der Waals surface area contributed by atoms with Gasteiger partial charge in [-0.2, -0.15) is 5.10 Å². The topological polar surface area (TPSA) is 124 Å². The summed E-state index contributed by atoms with van der Waals surface area (Å²) in [6.45, 7) is 1.46. The number of hydrogen-bond acceptors (Lipinski definition) is 7. The number of benzene rings is 2. The van der Waals surface area contributed by atoms with Gasteiger partial charge in [-0.25, -0.2) is 13.8 Å². The number of pyridine rings is 2. The molecule has 0 amide bonds. The number of imidazole rings is 1. The molecule has 0 spiro atoms. The zero-order chi connectivity index (χ0) is 27.1. The first-order valence-corrected chi connectivity index (χ1v) is 12.3. The number of nitrogens with zero attached hydrogens (tertiary/aromatic N) is 5. The molecular weight excluding hydrogens is 500 g/mol. The van der Waals surface area contributed by atoms with Crippen LogP contribution in [0.15, 0.2) is 61.1 Å². The van der Waals surface area contributed by atoms with Gasteiger partial charge >= 0.3 is 0 Å². The van der Waals surface area contributed by atoms with Gasteiger partial charge in [0.2, 0.25) is 0 Å². The van der Waals surface area contributed by atoms with Crippen LogP contribution in [0.1, 0.15) is 0 Å². The van der Waals surface area contributed by atoms with Gasteiger partial charge in [0.25, 0.3) is 0 Å². The SMILES string of the molecule is CN(C)CCNc1cc(F)cc(-c2nccc3[nH]c(-c4n[nH]c5ccc(-c6cncc(N)c6)c(F)c45)nc23)c1. The Morgan fingerprint density at radius 1 is 0.974 bits per heavy atom. The van der Waals surface area contributed by atoms with Crippen molar-refractivity contribution in [3.63, 3.8) is 0 Å². The highest BCUT2D eigenvalue weighted by Crippen LogP contribution is 2.35. The molecule has 0 saturated heterocycles. The van der Waals surface area contributed by atoms with Crippen LogP contribution in [0.5, 0.6) is 0 Å². The molecule has 6 aromatic rings. The quantitative estimate of drug-likeness (QED) is 0.230. The lowest BCUT2D eigenvalue weighted by Gasteiger charge is -2.12. The molecule has 0 unspecified atom stereocenters. The Labute approximate surface area is 222 Å². The summed E-state index contributed by atoms with van der Waals surface area (Å²) in [5.41, 5.74) is 10.9. The van der Waals surface area contributed by atoms with Crippen molar-refractivity contribution in [3.8, 4) is 33.9 Å². The van der Waals surface area contributed by atoms with Crippen LogP contribution < -0.4 is 11.1 Å². The van der Waals surface area contributed by atoms with Crippen LogP contribution in [-0.2, 0) is 0 Å². The molecule has 0 aliphatic heterocycles. The lowest BCUT2D eigenvalue weighted by Crippen LogP contribution is -2.20. The highest BCUT2D eigenvalue weighted by atomic mass is 19.1. The van der Waals surface area contributed by atoms with Crippen LogP contribution in [0.4, 0.5) is 20.2 Å². The molecule has 11 heteroatoms. The Hall–Kier alpha value is -4.90. The molecule has 39 heavy (non-hydrogen) atoms. The zero-order valence-corrected chi connectivity index (χ0v) is 21.3. The predicted molar refractivity (Wildman–Crippen MR) is 149 cm³/mol. The van der Waals surface area contributed by atoms with Crippen molar-refractivity contribution in [2.75, 3.05) is 38.2 Å². The molecule has 4 aromatic heterocycles. The van der Waals surface area contributed by atoms with E-state index in [9.17, 15) is 4.39 Å². The number of likely N-dealkylation sites (N-methyl/N-ethyl adjacent to an activating group) is 1. The number of halogens is 2. The molecule has 0 aliphatic rings. The molecule has 0 bridgehead atoms. The predicted octanol–water partition coefficient (Wildman–Crippen LogP) is 5.06. The van der Waals surface area contributed by atoms with E-state index in [1.165, 1.54) is 18.3 Å². The van der Waals surface area contributed by atoms with Crippen LogP contribution in [0.2, 0.25) is 0 Å². The molecule has 0 atom stereocenters. The van der Waals surface area contributed by atoms with Crippen molar-refractivity contribution >= 4 is 33.3 Å². The van der Waals surface area contributed by atoms with E-state index in [1.54, 1.807) is 36.7 Å². The smallest absolute Gasteiger partial charge is 0.159 e. The Balaban J connectivity index is 1.43. The molecule has 6 rings (SSSR count). The fourth-order valence-electron chi connectivity index (χ4n) is 4.58. The second-order valence-electron chi connectivity index (χ2n) is 9.53. The number of nitrogen functional groups attached to an aromatic ring is 1. The molecule has 196 valence electrons. The lowest BCUT2D eigenvalue weighted by atomic mass is 10.0. The fourth-order valence-corrected chi connectivity index (χ4v) is 4.58. The highest BCUT2D eigenvalue weighted by Gasteiger charge is 2.21. The summed E-state index contributed by atoms with van der Waals surface area (Å²) in [6, 6.07) is 11.5. The Bertz CT molecular complexity index is 1820. The third-order valence-corrected chi connectivity index (χ3v) is 6.42. The van der Waals surface area contributed by atoms with Crippen molar-refractivity contribution in [2.45, 2.75) is 0 Å². The van der Waals surface area contributed by atoms with Crippen LogP contribution in [0, 0.1) is 11.6 Å². The van der Waals surface area contributed by atoms with E-state index in [2.05, 4.69) is 30.5 Å². The largest absolute Gasteiger partial charge is 0.397 e. The molecule has 0 saturated carbocycles. The van der Waals surface area contributed by atoms with Gasteiger partial charge in [-0.3, -0.25) is 15.1 Å². The van der Waals surface area contributed by atoms with E-state index in [4.69, 9.17) is 10.7 Å². The summed E-state index contributed by atoms with van der Waals surface area (Å²) in [4.78, 5) is 18.6. The number of aromatic nitrogens is 6. The monoisotopic (exact) mass is 525 g/mol. The third-order valence-electron chi connectivity index (χ3n) is 6.42. The standard InChI is InChI=1S/C28H25F2N9/c1-39(2)8-7-33-19-11-15(9-17(29)12-19)25-26-22(5-6-34-25)35-28(36-26)27-23-21(37-38-27)4-3-20(24(23)30)16-10-18(31)14-32-13-16/h3-6,9-14,33H,7-8,31H2,1-2H3,(H,35,36)(H,37,38). The van der Waals surface area contributed by atoms with Crippen LogP contribution in [0.3, 0.4) is 0 Å². The van der Waals surface area contributed by atoms with Gasteiger partial charge in [-0.15, -0.1) is 0 Å². The van der Waals surface area contributed by atoms with E-state index in [0.29, 0.717) is 68.4 Å². The number of nitrogens with one attached hydrogen (secondary N) is 3. The van der Waals surface area contributed by atoms with Crippen molar-refractivity contribution in [2.24, 2.45) is 0 Å². The van der Waals surface area contributed by atoms with E-state index < -0.39 is 11.6 Å². The van der Waals surface area contributed by atoms with E-state index in [0.717, 1.165) is 6.54 Å². The first-order valence-electron chi connectivity index (χ1n) is 12.3. The van der Waals surface area contributed by atoms with E-state index >= 15 is 4.39 Å². The number of aromatic amines is 2. The normalized spacial score (nSPS) is 11.6. The van der Waals surface area contributed by atoms with Gasteiger partial charge in [0.1, 0.15) is 22.8 Å².